The molecule has 2 rings (SSSR count). The summed E-state index contributed by atoms with van der Waals surface area (Å²) in [6, 6.07) is 0. The summed E-state index contributed by atoms with van der Waals surface area (Å²) in [6.45, 7) is -0.506. The van der Waals surface area contributed by atoms with Crippen molar-refractivity contribution in [1.82, 2.24) is 14.5 Å². The second kappa shape index (κ2) is 5.88. The molecule has 10 nitrogen and oxygen atoms in total. The van der Waals surface area contributed by atoms with E-state index >= 15 is 0 Å². The highest BCUT2D eigenvalue weighted by Crippen LogP contribution is 2.27. The third kappa shape index (κ3) is 2.73. The molecule has 1 fully saturated rings. The van der Waals surface area contributed by atoms with Crippen LogP contribution in [0.3, 0.4) is 0 Å². The lowest BCUT2D eigenvalue weighted by Crippen LogP contribution is -2.34. The molecule has 2 heterocycles. The number of aromatic nitrogens is 2. The summed E-state index contributed by atoms with van der Waals surface area (Å²) in [5.41, 5.74) is 5.40. The van der Waals surface area contributed by atoms with Crippen molar-refractivity contribution in [3.8, 4) is 0 Å². The SMILES string of the molecule is N=[N+]=NCc1cn(C2CC(O)C(CO)O2)c(=O)[nH]c1=O. The first-order valence-corrected chi connectivity index (χ1v) is 5.88. The standard InChI is InChI=1S/C10H13N5O5/c11-14-12-2-5-3-15(10(19)13-9(5)18)8-1-6(17)7(4-16)20-8/h3,6-8,11,16-17H,1-2,4H2/p+1. The zero-order valence-electron chi connectivity index (χ0n) is 10.4. The molecule has 1 aliphatic heterocycles. The molecule has 0 spiro atoms. The Balaban J connectivity index is 2.35. The zero-order valence-corrected chi connectivity index (χ0v) is 10.4. The van der Waals surface area contributed by atoms with Gasteiger partial charge < -0.3 is 14.9 Å². The monoisotopic (exact) mass is 284 g/mol. The smallest absolute Gasteiger partial charge is 0.330 e. The predicted octanol–water partition coefficient (Wildman–Crippen LogP) is -1.77. The lowest BCUT2D eigenvalue weighted by atomic mass is 10.2. The van der Waals surface area contributed by atoms with E-state index in [1.54, 1.807) is 0 Å². The number of aliphatic hydroxyl groups is 2. The fraction of sp³-hybridized carbons (Fsp3) is 0.600. The molecular weight excluding hydrogens is 270 g/mol. The number of nitrogens with zero attached hydrogens (tertiary/aromatic N) is 3. The van der Waals surface area contributed by atoms with Crippen molar-refractivity contribution >= 4 is 0 Å². The Morgan fingerprint density at radius 3 is 2.95 bits per heavy atom. The summed E-state index contributed by atoms with van der Waals surface area (Å²) in [7, 11) is 0. The molecule has 3 atom stereocenters. The van der Waals surface area contributed by atoms with Crippen molar-refractivity contribution in [3.63, 3.8) is 0 Å². The van der Waals surface area contributed by atoms with Crippen LogP contribution in [0.1, 0.15) is 18.2 Å². The fourth-order valence-corrected chi connectivity index (χ4v) is 2.02. The number of H-pyrrole nitrogens is 1. The summed E-state index contributed by atoms with van der Waals surface area (Å²) in [4.78, 5) is 28.2. The Hall–Kier alpha value is -2.13. The molecule has 3 unspecified atom stereocenters. The lowest BCUT2D eigenvalue weighted by Gasteiger charge is -2.14. The van der Waals surface area contributed by atoms with Gasteiger partial charge in [0.2, 0.25) is 4.91 Å². The molecule has 0 saturated carbocycles. The van der Waals surface area contributed by atoms with E-state index in [0.717, 1.165) is 4.57 Å². The molecule has 108 valence electrons. The van der Waals surface area contributed by atoms with Gasteiger partial charge >= 0.3 is 5.69 Å². The van der Waals surface area contributed by atoms with Crippen molar-refractivity contribution in [3.05, 3.63) is 32.6 Å². The average molecular weight is 284 g/mol. The summed E-state index contributed by atoms with van der Waals surface area (Å²) in [6.07, 6.45) is -1.06. The molecule has 1 aromatic rings. The van der Waals surface area contributed by atoms with Crippen LogP contribution < -0.4 is 16.2 Å². The number of ether oxygens (including phenoxy) is 1. The highest BCUT2D eigenvalue weighted by molar-refractivity contribution is 5.05. The topological polar surface area (TPSA) is 155 Å². The molecule has 20 heavy (non-hydrogen) atoms. The molecule has 0 bridgehead atoms. The maximum absolute atomic E-state index is 11.7. The maximum Gasteiger partial charge on any atom is 0.330 e. The van der Waals surface area contributed by atoms with Crippen molar-refractivity contribution in [1.29, 1.82) is 5.53 Å². The Morgan fingerprint density at radius 1 is 1.60 bits per heavy atom. The molecule has 0 aliphatic carbocycles. The molecule has 4 N–H and O–H groups in total. The molecule has 0 radical (unpaired) electrons. The van der Waals surface area contributed by atoms with Gasteiger partial charge in [-0.2, -0.15) is 0 Å². The van der Waals surface area contributed by atoms with E-state index in [1.807, 2.05) is 0 Å². The third-order valence-corrected chi connectivity index (χ3v) is 3.05. The van der Waals surface area contributed by atoms with E-state index in [-0.39, 0.29) is 25.1 Å². The molecule has 10 heteroatoms. The minimum atomic E-state index is -0.889. The number of aromatic amines is 1. The van der Waals surface area contributed by atoms with Gasteiger partial charge in [-0.05, 0) is 0 Å². The van der Waals surface area contributed by atoms with Gasteiger partial charge in [-0.1, -0.05) is 0 Å². The van der Waals surface area contributed by atoms with Crippen LogP contribution in [-0.2, 0) is 11.3 Å². The second-order valence-electron chi connectivity index (χ2n) is 4.34. The van der Waals surface area contributed by atoms with Crippen LogP contribution in [0.2, 0.25) is 0 Å². The Morgan fingerprint density at radius 2 is 2.35 bits per heavy atom. The van der Waals surface area contributed by atoms with Gasteiger partial charge in [0.05, 0.1) is 18.3 Å². The molecule has 1 aliphatic rings. The lowest BCUT2D eigenvalue weighted by molar-refractivity contribution is -0.0460. The van der Waals surface area contributed by atoms with Gasteiger partial charge in [0.15, 0.2) is 6.54 Å². The second-order valence-corrected chi connectivity index (χ2v) is 4.34. The minimum Gasteiger partial charge on any atom is -0.394 e. The van der Waals surface area contributed by atoms with Crippen LogP contribution in [0.25, 0.3) is 0 Å². The van der Waals surface area contributed by atoms with Gasteiger partial charge in [0, 0.05) is 12.6 Å². The van der Waals surface area contributed by atoms with Crippen molar-refractivity contribution in [2.75, 3.05) is 6.61 Å². The minimum absolute atomic E-state index is 0.122. The van der Waals surface area contributed by atoms with Gasteiger partial charge in [-0.15, -0.1) is 0 Å². The molecule has 0 aromatic carbocycles. The van der Waals surface area contributed by atoms with Crippen molar-refractivity contribution < 1.29 is 14.9 Å². The third-order valence-electron chi connectivity index (χ3n) is 3.05. The molecular formula is C10H14N5O5+. The normalized spacial score (nSPS) is 25.4. The fourth-order valence-electron chi connectivity index (χ4n) is 2.02. The summed E-state index contributed by atoms with van der Waals surface area (Å²) in [5, 5.41) is 22.0. The van der Waals surface area contributed by atoms with E-state index in [4.69, 9.17) is 15.4 Å². The Bertz CT molecular complexity index is 646. The molecule has 0 amide bonds. The van der Waals surface area contributed by atoms with Crippen LogP contribution in [0, 0.1) is 5.53 Å². The van der Waals surface area contributed by atoms with Crippen LogP contribution >= 0.6 is 0 Å². The summed E-state index contributed by atoms with van der Waals surface area (Å²) >= 11 is 0. The van der Waals surface area contributed by atoms with E-state index in [0.29, 0.717) is 0 Å². The van der Waals surface area contributed by atoms with E-state index in [2.05, 4.69) is 15.0 Å². The maximum atomic E-state index is 11.7. The number of rotatable bonds is 4. The first kappa shape index (κ1) is 14.3. The van der Waals surface area contributed by atoms with Gasteiger partial charge in [-0.25, -0.2) is 4.79 Å². The van der Waals surface area contributed by atoms with Crippen LogP contribution in [0.4, 0.5) is 0 Å². The van der Waals surface area contributed by atoms with Gasteiger partial charge in [0.25, 0.3) is 5.56 Å². The first-order valence-electron chi connectivity index (χ1n) is 5.88. The van der Waals surface area contributed by atoms with Crippen LogP contribution in [-0.4, -0.2) is 38.6 Å². The number of hydrogen-bond donors (Lipinski definition) is 4. The number of hydrogen-bond acceptors (Lipinski definition) is 7. The quantitative estimate of drug-likeness (QED) is 0.380. The van der Waals surface area contributed by atoms with Crippen molar-refractivity contribution in [2.24, 2.45) is 5.11 Å². The highest BCUT2D eigenvalue weighted by atomic mass is 16.5. The van der Waals surface area contributed by atoms with Gasteiger partial charge in [0.1, 0.15) is 23.0 Å². The molecule has 1 aromatic heterocycles. The largest absolute Gasteiger partial charge is 0.394 e. The molecule has 1 saturated heterocycles. The summed E-state index contributed by atoms with van der Waals surface area (Å²) in [5.74, 6) is 0. The predicted molar refractivity (Wildman–Crippen MR) is 63.9 cm³/mol. The average Bonchev–Trinajstić information content (AvgIpc) is 2.79. The van der Waals surface area contributed by atoms with E-state index in [9.17, 15) is 14.7 Å². The first-order chi connectivity index (χ1) is 9.56. The zero-order chi connectivity index (χ0) is 14.7. The summed E-state index contributed by atoms with van der Waals surface area (Å²) < 4.78 is 6.46. The van der Waals surface area contributed by atoms with E-state index < -0.39 is 29.7 Å². The van der Waals surface area contributed by atoms with Crippen LogP contribution in [0.5, 0.6) is 0 Å². The van der Waals surface area contributed by atoms with Crippen molar-refractivity contribution in [2.45, 2.75) is 31.4 Å². The Kier molecular flexibility index (Phi) is 4.20. The number of aliphatic hydroxyl groups excluding tert-OH is 2. The Labute approximate surface area is 111 Å². The highest BCUT2D eigenvalue weighted by Gasteiger charge is 2.35. The van der Waals surface area contributed by atoms with Gasteiger partial charge in [-0.3, -0.25) is 14.3 Å². The van der Waals surface area contributed by atoms with Crippen LogP contribution in [0.15, 0.2) is 20.9 Å². The van der Waals surface area contributed by atoms with E-state index in [1.165, 1.54) is 6.20 Å². The number of nitrogens with one attached hydrogen (secondary N) is 2.